The minimum absolute atomic E-state index is 0.00291. The van der Waals surface area contributed by atoms with E-state index in [0.717, 1.165) is 38.4 Å². The van der Waals surface area contributed by atoms with E-state index in [9.17, 15) is 4.79 Å². The summed E-state index contributed by atoms with van der Waals surface area (Å²) >= 11 is 0. The molecule has 1 N–H and O–H groups in total. The Hall–Kier alpha value is -2.61. The van der Waals surface area contributed by atoms with Crippen LogP contribution in [0.5, 0.6) is 0 Å². The van der Waals surface area contributed by atoms with Crippen molar-refractivity contribution >= 4 is 11.7 Å². The Morgan fingerprint density at radius 2 is 1.84 bits per heavy atom. The molecule has 2 aromatic heterocycles. The Labute approximate surface area is 182 Å². The normalized spacial score (nSPS) is 27.7. The lowest BCUT2D eigenvalue weighted by molar-refractivity contribution is -0.0211. The number of aryl methyl sites for hydroxylation is 2. The Kier molecular flexibility index (Phi) is 5.56. The minimum atomic E-state index is -0.0928. The smallest absolute Gasteiger partial charge is 0.255 e. The summed E-state index contributed by atoms with van der Waals surface area (Å²) in [6.45, 7) is 6.46. The van der Waals surface area contributed by atoms with Gasteiger partial charge < -0.3 is 15.0 Å². The summed E-state index contributed by atoms with van der Waals surface area (Å²) in [6, 6.07) is 1.97. The number of nitrogens with zero attached hydrogens (tertiary/aromatic N) is 5. The maximum Gasteiger partial charge on any atom is 0.255 e. The van der Waals surface area contributed by atoms with Crippen LogP contribution in [-0.4, -0.2) is 57.7 Å². The summed E-state index contributed by atoms with van der Waals surface area (Å²) in [6.07, 6.45) is 9.35. The van der Waals surface area contributed by atoms with Gasteiger partial charge in [-0.1, -0.05) is 0 Å². The van der Waals surface area contributed by atoms with Crippen molar-refractivity contribution in [3.05, 3.63) is 41.9 Å². The van der Waals surface area contributed by atoms with E-state index in [-0.39, 0.29) is 18.1 Å². The molecule has 1 amide bonds. The molecule has 0 aromatic carbocycles. The zero-order chi connectivity index (χ0) is 21.4. The first-order valence-corrected chi connectivity index (χ1v) is 11.3. The Morgan fingerprint density at radius 1 is 1.10 bits per heavy atom. The first kappa shape index (κ1) is 20.3. The number of nitrogens with one attached hydrogen (secondary N) is 1. The highest BCUT2D eigenvalue weighted by Crippen LogP contribution is 2.40. The predicted molar refractivity (Wildman–Crippen MR) is 116 cm³/mol. The van der Waals surface area contributed by atoms with Gasteiger partial charge in [-0.15, -0.1) is 0 Å². The van der Waals surface area contributed by atoms with Gasteiger partial charge in [0.1, 0.15) is 18.5 Å². The molecular formula is C23H30N6O2. The lowest BCUT2D eigenvalue weighted by Gasteiger charge is -2.38. The zero-order valence-corrected chi connectivity index (χ0v) is 18.2. The van der Waals surface area contributed by atoms with Gasteiger partial charge >= 0.3 is 0 Å². The molecule has 3 fully saturated rings. The zero-order valence-electron chi connectivity index (χ0n) is 18.2. The summed E-state index contributed by atoms with van der Waals surface area (Å²) in [4.78, 5) is 32.4. The van der Waals surface area contributed by atoms with Crippen LogP contribution in [0.15, 0.2) is 24.9 Å². The minimum Gasteiger partial charge on any atom is -0.376 e. The van der Waals surface area contributed by atoms with E-state index < -0.39 is 0 Å². The number of carbonyl (C=O) groups excluding carboxylic acids is 1. The molecule has 0 radical (unpaired) electrons. The summed E-state index contributed by atoms with van der Waals surface area (Å²) in [5.41, 5.74) is 2.01. The van der Waals surface area contributed by atoms with Crippen LogP contribution >= 0.6 is 0 Å². The lowest BCUT2D eigenvalue weighted by atomic mass is 9.77. The molecule has 2 aromatic rings. The molecule has 5 rings (SSSR count). The van der Waals surface area contributed by atoms with Crippen molar-refractivity contribution in [2.24, 2.45) is 17.8 Å². The van der Waals surface area contributed by atoms with Crippen LogP contribution in [0.25, 0.3) is 0 Å². The average Bonchev–Trinajstić information content (AvgIpc) is 3.50. The summed E-state index contributed by atoms with van der Waals surface area (Å²) < 4.78 is 6.38. The molecule has 2 saturated carbocycles. The maximum absolute atomic E-state index is 13.2. The average molecular weight is 423 g/mol. The van der Waals surface area contributed by atoms with E-state index in [1.807, 2.05) is 19.9 Å². The fourth-order valence-electron chi connectivity index (χ4n) is 5.11. The molecule has 8 nitrogen and oxygen atoms in total. The summed E-state index contributed by atoms with van der Waals surface area (Å²) in [5, 5.41) is 3.29. The summed E-state index contributed by atoms with van der Waals surface area (Å²) in [7, 11) is 0. The van der Waals surface area contributed by atoms with Crippen molar-refractivity contribution in [1.29, 1.82) is 0 Å². The fourth-order valence-corrected chi connectivity index (χ4v) is 5.11. The lowest BCUT2D eigenvalue weighted by Crippen LogP contribution is -2.51. The van der Waals surface area contributed by atoms with Crippen molar-refractivity contribution in [1.82, 2.24) is 25.3 Å². The second kappa shape index (κ2) is 8.49. The maximum atomic E-state index is 13.2. The van der Waals surface area contributed by atoms with Gasteiger partial charge in [0.15, 0.2) is 0 Å². The van der Waals surface area contributed by atoms with Gasteiger partial charge in [-0.05, 0) is 63.4 Å². The van der Waals surface area contributed by atoms with Crippen LogP contribution in [0.1, 0.15) is 47.4 Å². The van der Waals surface area contributed by atoms with Gasteiger partial charge in [0.05, 0.1) is 29.1 Å². The highest BCUT2D eigenvalue weighted by Gasteiger charge is 2.44. The van der Waals surface area contributed by atoms with Gasteiger partial charge in [0.2, 0.25) is 0 Å². The van der Waals surface area contributed by atoms with E-state index >= 15 is 0 Å². The number of hydrogen-bond donors (Lipinski definition) is 1. The number of fused-ring (bicyclic) bond motifs is 1. The summed E-state index contributed by atoms with van der Waals surface area (Å²) in [5.74, 6) is 2.64. The molecule has 0 bridgehead atoms. The van der Waals surface area contributed by atoms with Crippen LogP contribution in [0, 0.1) is 31.6 Å². The number of hydrogen-bond acceptors (Lipinski definition) is 7. The molecular weight excluding hydrogens is 392 g/mol. The molecule has 4 atom stereocenters. The Bertz CT molecular complexity index is 915. The second-order valence-corrected chi connectivity index (χ2v) is 9.28. The third kappa shape index (κ3) is 4.39. The number of rotatable bonds is 6. The third-order valence-electron chi connectivity index (χ3n) is 7.02. The van der Waals surface area contributed by atoms with Gasteiger partial charge in [0, 0.05) is 25.9 Å². The molecule has 0 unspecified atom stereocenters. The van der Waals surface area contributed by atoms with Crippen LogP contribution in [0.4, 0.5) is 5.82 Å². The van der Waals surface area contributed by atoms with Gasteiger partial charge in [0.25, 0.3) is 5.91 Å². The van der Waals surface area contributed by atoms with Crippen LogP contribution in [-0.2, 0) is 4.74 Å². The molecule has 164 valence electrons. The molecule has 2 aliphatic carbocycles. The number of amides is 1. The highest BCUT2D eigenvalue weighted by atomic mass is 16.5. The molecule has 31 heavy (non-hydrogen) atoms. The Morgan fingerprint density at radius 3 is 2.52 bits per heavy atom. The fraction of sp³-hybridized carbons (Fsp3) is 0.609. The SMILES string of the molecule is Cc1ncnc(C)c1C(=O)N[C@H]1C[C@H]2CN(c3ccncn3)C[C@H]2C[C@@H]1OCC1CC1. The van der Waals surface area contributed by atoms with Crippen molar-refractivity contribution in [3.63, 3.8) is 0 Å². The first-order chi connectivity index (χ1) is 15.1. The first-order valence-electron chi connectivity index (χ1n) is 11.3. The number of carbonyl (C=O) groups is 1. The monoisotopic (exact) mass is 422 g/mol. The van der Waals surface area contributed by atoms with E-state index in [2.05, 4.69) is 30.2 Å². The van der Waals surface area contributed by atoms with Crippen molar-refractivity contribution < 1.29 is 9.53 Å². The van der Waals surface area contributed by atoms with Gasteiger partial charge in [-0.25, -0.2) is 19.9 Å². The number of ether oxygens (including phenoxy) is 1. The van der Waals surface area contributed by atoms with Gasteiger partial charge in [-0.3, -0.25) is 4.79 Å². The van der Waals surface area contributed by atoms with Crippen LogP contribution < -0.4 is 10.2 Å². The van der Waals surface area contributed by atoms with Crippen molar-refractivity contribution in [3.8, 4) is 0 Å². The second-order valence-electron chi connectivity index (χ2n) is 9.28. The van der Waals surface area contributed by atoms with E-state index in [4.69, 9.17) is 4.74 Å². The molecule has 3 aliphatic rings. The number of aromatic nitrogens is 4. The van der Waals surface area contributed by atoms with Crippen LogP contribution in [0.2, 0.25) is 0 Å². The van der Waals surface area contributed by atoms with Crippen molar-refractivity contribution in [2.75, 3.05) is 24.6 Å². The van der Waals surface area contributed by atoms with Gasteiger partial charge in [-0.2, -0.15) is 0 Å². The van der Waals surface area contributed by atoms with E-state index in [1.54, 1.807) is 12.5 Å². The molecule has 3 heterocycles. The Balaban J connectivity index is 1.32. The third-order valence-corrected chi connectivity index (χ3v) is 7.02. The molecule has 1 saturated heterocycles. The molecule has 0 spiro atoms. The highest BCUT2D eigenvalue weighted by molar-refractivity contribution is 5.96. The van der Waals surface area contributed by atoms with Crippen LogP contribution in [0.3, 0.4) is 0 Å². The standard InChI is InChI=1S/C23H30N6O2/c1-14-22(15(2)26-13-25-14)23(30)28-19-7-17-9-29(21-5-6-24-12-27-21)10-18(17)8-20(19)31-11-16-3-4-16/h5-6,12-13,16-20H,3-4,7-11H2,1-2H3,(H,28,30)/t17-,18+,19-,20-/m0/s1. The predicted octanol–water partition coefficient (Wildman–Crippen LogP) is 2.32. The quantitative estimate of drug-likeness (QED) is 0.764. The largest absolute Gasteiger partial charge is 0.376 e. The van der Waals surface area contributed by atoms with Crippen molar-refractivity contribution in [2.45, 2.75) is 51.7 Å². The molecule has 1 aliphatic heterocycles. The number of anilines is 1. The van der Waals surface area contributed by atoms with E-state index in [0.29, 0.717) is 34.7 Å². The molecule has 8 heteroatoms. The topological polar surface area (TPSA) is 93.1 Å². The van der Waals surface area contributed by atoms with E-state index in [1.165, 1.54) is 19.2 Å².